The number of nitrogens with zero attached hydrogens (tertiary/aromatic N) is 2. The minimum atomic E-state index is -4.87. The molecular weight excluding hydrogens is 438 g/mol. The Morgan fingerprint density at radius 3 is 2.48 bits per heavy atom. The van der Waals surface area contributed by atoms with Gasteiger partial charge in [0.15, 0.2) is 5.03 Å². The number of ether oxygens (including phenoxy) is 1. The molecule has 0 aliphatic rings. The molecule has 0 amide bonds. The Labute approximate surface area is 175 Å². The van der Waals surface area contributed by atoms with Crippen LogP contribution in [0, 0.1) is 24.4 Å². The molecular formula is C19H19F4N5O2S. The SMILES string of the molecule is Cc1nc(NC(c2cccc(OC(F)(F)F)c2)c2nc([S@](C)(=N)=O)c(C)[nH]2)ccc1F. The molecule has 2 atom stereocenters. The van der Waals surface area contributed by atoms with Crippen LogP contribution in [0.5, 0.6) is 5.75 Å². The van der Waals surface area contributed by atoms with E-state index in [1.807, 2.05) is 0 Å². The zero-order chi connectivity index (χ0) is 23.0. The van der Waals surface area contributed by atoms with Crippen molar-refractivity contribution in [2.75, 3.05) is 11.6 Å². The molecule has 3 aromatic rings. The van der Waals surface area contributed by atoms with E-state index in [1.165, 1.54) is 37.4 Å². The molecule has 31 heavy (non-hydrogen) atoms. The number of pyridine rings is 1. The standard InChI is InChI=1S/C19H19F4N5O2S/c1-10-14(20)7-8-15(25-10)27-16(17-26-11(2)18(28-17)31(3,24)29)12-5-4-6-13(9-12)30-19(21,22)23/h4-9,16,24H,1-3H3,(H,25,27)(H,26,28)/t16?,31-/m1/s1. The molecule has 0 spiro atoms. The summed E-state index contributed by atoms with van der Waals surface area (Å²) in [7, 11) is -3.15. The van der Waals surface area contributed by atoms with Crippen LogP contribution in [-0.4, -0.2) is 31.8 Å². The van der Waals surface area contributed by atoms with Gasteiger partial charge in [-0.3, -0.25) is 0 Å². The first-order valence-electron chi connectivity index (χ1n) is 8.89. The Morgan fingerprint density at radius 1 is 1.19 bits per heavy atom. The van der Waals surface area contributed by atoms with E-state index in [0.29, 0.717) is 11.3 Å². The molecule has 1 unspecified atom stereocenters. The van der Waals surface area contributed by atoms with E-state index in [2.05, 4.69) is 25.0 Å². The molecule has 12 heteroatoms. The summed E-state index contributed by atoms with van der Waals surface area (Å²) < 4.78 is 75.6. The highest BCUT2D eigenvalue weighted by Gasteiger charge is 2.31. The summed E-state index contributed by atoms with van der Waals surface area (Å²) in [4.78, 5) is 11.3. The van der Waals surface area contributed by atoms with Crippen molar-refractivity contribution in [1.82, 2.24) is 15.0 Å². The highest BCUT2D eigenvalue weighted by atomic mass is 32.2. The third kappa shape index (κ3) is 5.51. The van der Waals surface area contributed by atoms with Crippen molar-refractivity contribution >= 4 is 15.5 Å². The van der Waals surface area contributed by atoms with Crippen molar-refractivity contribution in [3.63, 3.8) is 0 Å². The smallest absolute Gasteiger partial charge is 0.406 e. The van der Waals surface area contributed by atoms with Crippen molar-refractivity contribution in [1.29, 1.82) is 4.78 Å². The third-order valence-electron chi connectivity index (χ3n) is 4.24. The summed E-state index contributed by atoms with van der Waals surface area (Å²) in [6.45, 7) is 3.05. The maximum atomic E-state index is 13.6. The molecule has 0 bridgehead atoms. The Kier molecular flexibility index (Phi) is 5.94. The number of aromatic nitrogens is 3. The molecule has 0 radical (unpaired) electrons. The average Bonchev–Trinajstić information content (AvgIpc) is 3.03. The summed E-state index contributed by atoms with van der Waals surface area (Å²) in [5.74, 6) is -0.519. The van der Waals surface area contributed by atoms with Crippen LogP contribution in [0.15, 0.2) is 41.4 Å². The molecule has 3 N–H and O–H groups in total. The van der Waals surface area contributed by atoms with E-state index >= 15 is 0 Å². The largest absolute Gasteiger partial charge is 0.573 e. The normalized spacial score (nSPS) is 14.7. The number of aromatic amines is 1. The number of imidazole rings is 1. The van der Waals surface area contributed by atoms with Crippen molar-refractivity contribution in [3.8, 4) is 5.75 Å². The lowest BCUT2D eigenvalue weighted by Gasteiger charge is -2.19. The van der Waals surface area contributed by atoms with Crippen LogP contribution in [0.4, 0.5) is 23.4 Å². The second-order valence-corrected chi connectivity index (χ2v) is 8.93. The number of rotatable bonds is 6. The summed E-state index contributed by atoms with van der Waals surface area (Å²) >= 11 is 0. The van der Waals surface area contributed by atoms with Gasteiger partial charge in [-0.2, -0.15) is 0 Å². The summed E-state index contributed by atoms with van der Waals surface area (Å²) in [5.41, 5.74) is 0.825. The van der Waals surface area contributed by atoms with Gasteiger partial charge in [0.1, 0.15) is 29.3 Å². The van der Waals surface area contributed by atoms with Crippen molar-refractivity contribution in [2.24, 2.45) is 0 Å². The monoisotopic (exact) mass is 457 g/mol. The summed E-state index contributed by atoms with van der Waals surface area (Å²) in [5, 5.41) is 3.03. The van der Waals surface area contributed by atoms with E-state index in [0.717, 1.165) is 6.07 Å². The second-order valence-electron chi connectivity index (χ2n) is 6.86. The Hall–Kier alpha value is -3.15. The van der Waals surface area contributed by atoms with Gasteiger partial charge in [0.2, 0.25) is 0 Å². The van der Waals surface area contributed by atoms with E-state index in [4.69, 9.17) is 4.78 Å². The van der Waals surface area contributed by atoms with Crippen LogP contribution in [0.25, 0.3) is 0 Å². The maximum absolute atomic E-state index is 13.6. The number of aryl methyl sites for hydroxylation is 2. The van der Waals surface area contributed by atoms with Gasteiger partial charge in [0, 0.05) is 11.9 Å². The van der Waals surface area contributed by atoms with Crippen molar-refractivity contribution in [3.05, 3.63) is 65.0 Å². The number of hydrogen-bond donors (Lipinski definition) is 3. The average molecular weight is 457 g/mol. The molecule has 1 aromatic carbocycles. The Balaban J connectivity index is 2.09. The van der Waals surface area contributed by atoms with Crippen LogP contribution in [-0.2, 0) is 9.73 Å². The van der Waals surface area contributed by atoms with E-state index in [-0.39, 0.29) is 22.4 Å². The fourth-order valence-corrected chi connectivity index (χ4v) is 3.86. The predicted octanol–water partition coefficient (Wildman–Crippen LogP) is 4.70. The lowest BCUT2D eigenvalue weighted by atomic mass is 10.1. The fourth-order valence-electron chi connectivity index (χ4n) is 2.96. The molecule has 2 heterocycles. The lowest BCUT2D eigenvalue weighted by molar-refractivity contribution is -0.274. The lowest BCUT2D eigenvalue weighted by Crippen LogP contribution is -2.18. The number of hydrogen-bond acceptors (Lipinski definition) is 6. The van der Waals surface area contributed by atoms with Gasteiger partial charge >= 0.3 is 6.36 Å². The van der Waals surface area contributed by atoms with Crippen molar-refractivity contribution < 1.29 is 26.5 Å². The Bertz CT molecular complexity index is 1210. The molecule has 166 valence electrons. The minimum Gasteiger partial charge on any atom is -0.406 e. The molecule has 0 aliphatic carbocycles. The van der Waals surface area contributed by atoms with Gasteiger partial charge in [0.05, 0.1) is 15.4 Å². The van der Waals surface area contributed by atoms with E-state index in [9.17, 15) is 21.8 Å². The van der Waals surface area contributed by atoms with Crippen LogP contribution in [0.2, 0.25) is 0 Å². The molecule has 0 saturated heterocycles. The van der Waals surface area contributed by atoms with Crippen LogP contribution in [0.1, 0.15) is 28.8 Å². The number of nitrogens with one attached hydrogen (secondary N) is 3. The van der Waals surface area contributed by atoms with E-state index in [1.54, 1.807) is 13.0 Å². The minimum absolute atomic E-state index is 0.0280. The van der Waals surface area contributed by atoms with Gasteiger partial charge in [-0.1, -0.05) is 12.1 Å². The molecule has 0 aliphatic heterocycles. The third-order valence-corrected chi connectivity index (χ3v) is 5.37. The Morgan fingerprint density at radius 2 is 1.90 bits per heavy atom. The molecule has 0 saturated carbocycles. The summed E-state index contributed by atoms with van der Waals surface area (Å²) in [6.07, 6.45) is -3.66. The number of alkyl halides is 3. The van der Waals surface area contributed by atoms with Gasteiger partial charge in [0.25, 0.3) is 0 Å². The van der Waals surface area contributed by atoms with Gasteiger partial charge < -0.3 is 15.0 Å². The first-order valence-corrected chi connectivity index (χ1v) is 10.9. The number of halogens is 4. The molecule has 3 rings (SSSR count). The zero-order valence-corrected chi connectivity index (χ0v) is 17.5. The first kappa shape index (κ1) is 22.5. The molecule has 2 aromatic heterocycles. The number of benzene rings is 1. The fraction of sp³-hybridized carbons (Fsp3) is 0.263. The maximum Gasteiger partial charge on any atom is 0.573 e. The molecule has 0 fully saturated rings. The van der Waals surface area contributed by atoms with Crippen LogP contribution >= 0.6 is 0 Å². The highest BCUT2D eigenvalue weighted by Crippen LogP contribution is 2.31. The topological polar surface area (TPSA) is 104 Å². The van der Waals surface area contributed by atoms with E-state index < -0.39 is 33.7 Å². The van der Waals surface area contributed by atoms with Gasteiger partial charge in [-0.15, -0.1) is 13.2 Å². The van der Waals surface area contributed by atoms with Crippen LogP contribution in [0.3, 0.4) is 0 Å². The molecule has 7 nitrogen and oxygen atoms in total. The number of anilines is 1. The predicted molar refractivity (Wildman–Crippen MR) is 106 cm³/mol. The zero-order valence-electron chi connectivity index (χ0n) is 16.7. The second kappa shape index (κ2) is 8.17. The first-order chi connectivity index (χ1) is 14.3. The van der Waals surface area contributed by atoms with Crippen molar-refractivity contribution in [2.45, 2.75) is 31.3 Å². The highest BCUT2D eigenvalue weighted by molar-refractivity contribution is 7.91. The summed E-state index contributed by atoms with van der Waals surface area (Å²) in [6, 6.07) is 6.92. The quantitative estimate of drug-likeness (QED) is 0.466. The van der Waals surface area contributed by atoms with Gasteiger partial charge in [-0.05, 0) is 43.7 Å². The van der Waals surface area contributed by atoms with Crippen LogP contribution < -0.4 is 10.1 Å². The van der Waals surface area contributed by atoms with Gasteiger partial charge in [-0.25, -0.2) is 23.3 Å². The number of H-pyrrole nitrogens is 1.